The summed E-state index contributed by atoms with van der Waals surface area (Å²) in [6.07, 6.45) is 0. The first-order valence-corrected chi connectivity index (χ1v) is 6.12. The summed E-state index contributed by atoms with van der Waals surface area (Å²) in [7, 11) is 1.53. The van der Waals surface area contributed by atoms with E-state index >= 15 is 0 Å². The molecule has 0 saturated carbocycles. The lowest BCUT2D eigenvalue weighted by molar-refractivity contribution is -0.125. The molecule has 0 spiro atoms. The first-order chi connectivity index (χ1) is 9.13. The third-order valence-electron chi connectivity index (χ3n) is 3.12. The molecule has 1 atom stereocenters. The summed E-state index contributed by atoms with van der Waals surface area (Å²) in [5.41, 5.74) is 0.260. The highest BCUT2D eigenvalue weighted by Gasteiger charge is 2.31. The van der Waals surface area contributed by atoms with Gasteiger partial charge in [0.1, 0.15) is 11.9 Å². The first kappa shape index (κ1) is 13.5. The van der Waals surface area contributed by atoms with Gasteiger partial charge in [-0.2, -0.15) is 0 Å². The molecule has 0 aromatic heterocycles. The minimum atomic E-state index is -0.561. The van der Waals surface area contributed by atoms with E-state index in [9.17, 15) is 14.0 Å². The summed E-state index contributed by atoms with van der Waals surface area (Å²) in [5.74, 6) is -1.01. The molecule has 1 aliphatic heterocycles. The average molecular weight is 265 g/mol. The monoisotopic (exact) mass is 265 g/mol. The summed E-state index contributed by atoms with van der Waals surface area (Å²) in [5, 5.41) is 5.60. The molecule has 0 radical (unpaired) electrons. The van der Waals surface area contributed by atoms with Crippen molar-refractivity contribution >= 4 is 11.8 Å². The highest BCUT2D eigenvalue weighted by molar-refractivity contribution is 5.97. The number of carbonyl (C=O) groups is 2. The van der Waals surface area contributed by atoms with Crippen LogP contribution in [0.15, 0.2) is 24.3 Å². The van der Waals surface area contributed by atoms with E-state index in [1.54, 1.807) is 6.07 Å². The number of amides is 2. The highest BCUT2D eigenvalue weighted by Crippen LogP contribution is 2.12. The van der Waals surface area contributed by atoms with Gasteiger partial charge in [0, 0.05) is 32.2 Å². The van der Waals surface area contributed by atoms with Gasteiger partial charge in [-0.25, -0.2) is 4.39 Å². The number of carbonyl (C=O) groups excluding carboxylic acids is 2. The van der Waals surface area contributed by atoms with Crippen molar-refractivity contribution in [1.82, 2.24) is 15.5 Å². The van der Waals surface area contributed by atoms with Gasteiger partial charge in [0.25, 0.3) is 5.91 Å². The van der Waals surface area contributed by atoms with E-state index < -0.39 is 11.9 Å². The molecule has 1 fully saturated rings. The zero-order valence-corrected chi connectivity index (χ0v) is 10.6. The van der Waals surface area contributed by atoms with Crippen LogP contribution < -0.4 is 10.6 Å². The Labute approximate surface area is 110 Å². The van der Waals surface area contributed by atoms with E-state index in [1.807, 2.05) is 0 Å². The Morgan fingerprint density at radius 3 is 2.95 bits per heavy atom. The standard InChI is InChI=1S/C13H16FN3O2/c1-15-12(18)11-8-16-5-6-17(11)13(19)9-3-2-4-10(14)7-9/h2-4,7,11,16H,5-6,8H2,1H3,(H,15,18). The number of piperazine rings is 1. The maximum atomic E-state index is 13.2. The van der Waals surface area contributed by atoms with Gasteiger partial charge in [-0.3, -0.25) is 9.59 Å². The van der Waals surface area contributed by atoms with Gasteiger partial charge in [-0.15, -0.1) is 0 Å². The fraction of sp³-hybridized carbons (Fsp3) is 0.385. The number of benzene rings is 1. The molecule has 1 aromatic carbocycles. The minimum Gasteiger partial charge on any atom is -0.357 e. The highest BCUT2D eigenvalue weighted by atomic mass is 19.1. The molecule has 2 rings (SSSR count). The number of likely N-dealkylation sites (N-methyl/N-ethyl adjacent to an activating group) is 1. The van der Waals surface area contributed by atoms with Gasteiger partial charge < -0.3 is 15.5 Å². The van der Waals surface area contributed by atoms with Gasteiger partial charge in [-0.1, -0.05) is 6.07 Å². The molecule has 1 saturated heterocycles. The van der Waals surface area contributed by atoms with E-state index in [2.05, 4.69) is 10.6 Å². The molecule has 1 heterocycles. The molecule has 19 heavy (non-hydrogen) atoms. The van der Waals surface area contributed by atoms with Crippen LogP contribution >= 0.6 is 0 Å². The van der Waals surface area contributed by atoms with Gasteiger partial charge in [0.2, 0.25) is 5.91 Å². The van der Waals surface area contributed by atoms with Crippen molar-refractivity contribution in [2.45, 2.75) is 6.04 Å². The fourth-order valence-corrected chi connectivity index (χ4v) is 2.14. The Bertz CT molecular complexity index is 493. The van der Waals surface area contributed by atoms with Crippen LogP contribution in [0.2, 0.25) is 0 Å². The van der Waals surface area contributed by atoms with Crippen LogP contribution in [-0.2, 0) is 4.79 Å². The van der Waals surface area contributed by atoms with Gasteiger partial charge in [0.15, 0.2) is 0 Å². The molecule has 0 bridgehead atoms. The van der Waals surface area contributed by atoms with Crippen molar-refractivity contribution in [3.63, 3.8) is 0 Å². The Morgan fingerprint density at radius 2 is 2.26 bits per heavy atom. The van der Waals surface area contributed by atoms with Crippen molar-refractivity contribution < 1.29 is 14.0 Å². The van der Waals surface area contributed by atoms with Crippen LogP contribution in [0, 0.1) is 5.82 Å². The van der Waals surface area contributed by atoms with Gasteiger partial charge in [0.05, 0.1) is 0 Å². The van der Waals surface area contributed by atoms with E-state index in [0.29, 0.717) is 19.6 Å². The number of hydrogen-bond donors (Lipinski definition) is 2. The molecular formula is C13H16FN3O2. The van der Waals surface area contributed by atoms with Crippen molar-refractivity contribution in [2.75, 3.05) is 26.7 Å². The van der Waals surface area contributed by atoms with Crippen LogP contribution in [0.1, 0.15) is 10.4 Å². The molecule has 2 N–H and O–H groups in total. The van der Waals surface area contributed by atoms with E-state index in [4.69, 9.17) is 0 Å². The van der Waals surface area contributed by atoms with E-state index in [0.717, 1.165) is 0 Å². The molecule has 2 amide bonds. The number of hydrogen-bond acceptors (Lipinski definition) is 3. The lowest BCUT2D eigenvalue weighted by atomic mass is 10.1. The maximum Gasteiger partial charge on any atom is 0.254 e. The van der Waals surface area contributed by atoms with Crippen LogP contribution in [-0.4, -0.2) is 49.4 Å². The lowest BCUT2D eigenvalue weighted by Crippen LogP contribution is -2.59. The second-order valence-electron chi connectivity index (χ2n) is 4.34. The third-order valence-corrected chi connectivity index (χ3v) is 3.12. The Balaban J connectivity index is 2.22. The zero-order valence-electron chi connectivity index (χ0n) is 10.6. The number of nitrogens with zero attached hydrogens (tertiary/aromatic N) is 1. The quantitative estimate of drug-likeness (QED) is 0.790. The Kier molecular flexibility index (Phi) is 4.11. The van der Waals surface area contributed by atoms with E-state index in [1.165, 1.54) is 30.1 Å². The first-order valence-electron chi connectivity index (χ1n) is 6.12. The van der Waals surface area contributed by atoms with Crippen molar-refractivity contribution in [1.29, 1.82) is 0 Å². The molecule has 1 unspecified atom stereocenters. The Morgan fingerprint density at radius 1 is 1.47 bits per heavy atom. The SMILES string of the molecule is CNC(=O)C1CNCCN1C(=O)c1cccc(F)c1. The number of rotatable bonds is 2. The second kappa shape index (κ2) is 5.79. The minimum absolute atomic E-state index is 0.225. The zero-order chi connectivity index (χ0) is 13.8. The molecule has 0 aliphatic carbocycles. The van der Waals surface area contributed by atoms with Crippen LogP contribution in [0.25, 0.3) is 0 Å². The second-order valence-corrected chi connectivity index (χ2v) is 4.34. The summed E-state index contributed by atoms with van der Waals surface area (Å²) >= 11 is 0. The molecule has 5 nitrogen and oxygen atoms in total. The lowest BCUT2D eigenvalue weighted by Gasteiger charge is -2.35. The largest absolute Gasteiger partial charge is 0.357 e. The van der Waals surface area contributed by atoms with Crippen LogP contribution in [0.4, 0.5) is 4.39 Å². The van der Waals surface area contributed by atoms with Crippen LogP contribution in [0.3, 0.4) is 0 Å². The predicted octanol–water partition coefficient (Wildman–Crippen LogP) is -0.0143. The topological polar surface area (TPSA) is 61.4 Å². The fourth-order valence-electron chi connectivity index (χ4n) is 2.14. The summed E-state index contributed by atoms with van der Waals surface area (Å²) in [6.45, 7) is 1.45. The summed E-state index contributed by atoms with van der Waals surface area (Å²) in [6, 6.07) is 4.94. The third kappa shape index (κ3) is 2.90. The number of halogens is 1. The summed E-state index contributed by atoms with van der Waals surface area (Å²) in [4.78, 5) is 25.6. The van der Waals surface area contributed by atoms with Crippen molar-refractivity contribution in [3.8, 4) is 0 Å². The average Bonchev–Trinajstić information content (AvgIpc) is 2.45. The Hall–Kier alpha value is -1.95. The molecule has 6 heteroatoms. The van der Waals surface area contributed by atoms with Crippen molar-refractivity contribution in [3.05, 3.63) is 35.6 Å². The van der Waals surface area contributed by atoms with Gasteiger partial charge >= 0.3 is 0 Å². The molecule has 1 aliphatic rings. The maximum absolute atomic E-state index is 13.2. The number of nitrogens with one attached hydrogen (secondary N) is 2. The molecule has 102 valence electrons. The molecule has 1 aromatic rings. The normalized spacial score (nSPS) is 19.1. The van der Waals surface area contributed by atoms with Crippen LogP contribution in [0.5, 0.6) is 0 Å². The van der Waals surface area contributed by atoms with Crippen molar-refractivity contribution in [2.24, 2.45) is 0 Å². The smallest absolute Gasteiger partial charge is 0.254 e. The molecular weight excluding hydrogens is 249 g/mol. The van der Waals surface area contributed by atoms with E-state index in [-0.39, 0.29) is 17.4 Å². The predicted molar refractivity (Wildman–Crippen MR) is 68.2 cm³/mol. The van der Waals surface area contributed by atoms with Gasteiger partial charge in [-0.05, 0) is 18.2 Å². The summed E-state index contributed by atoms with van der Waals surface area (Å²) < 4.78 is 13.2.